The molecule has 0 aliphatic carbocycles. The summed E-state index contributed by atoms with van der Waals surface area (Å²) in [5, 5.41) is 110. The number of aliphatic hydroxyl groups is 9. The molecule has 5 heterocycles. The number of rotatable bonds is 17. The quantitative estimate of drug-likeness (QED) is 0.0643. The molecule has 0 bridgehead atoms. The summed E-state index contributed by atoms with van der Waals surface area (Å²) in [5.74, 6) is -2.45. The van der Waals surface area contributed by atoms with Crippen LogP contribution in [0.1, 0.15) is 118 Å². The largest absolute Gasteiger partial charge is 0.394 e. The summed E-state index contributed by atoms with van der Waals surface area (Å²) >= 11 is 0. The Balaban J connectivity index is 1.50. The van der Waals surface area contributed by atoms with Crippen molar-refractivity contribution in [2.75, 3.05) is 19.8 Å². The first-order valence-electron chi connectivity index (χ1n) is 25.0. The van der Waals surface area contributed by atoms with Gasteiger partial charge in [-0.3, -0.25) is 19.2 Å². The van der Waals surface area contributed by atoms with Crippen molar-refractivity contribution < 1.29 is 98.3 Å². The number of amides is 4. The number of carbonyl (C=O) groups is 4. The van der Waals surface area contributed by atoms with E-state index in [1.165, 1.54) is 6.92 Å². The van der Waals surface area contributed by atoms with Crippen molar-refractivity contribution in [3.8, 4) is 0 Å². The van der Waals surface area contributed by atoms with Gasteiger partial charge in [-0.1, -0.05) is 77.6 Å². The molecule has 5 rings (SSSR count). The fourth-order valence-electron chi connectivity index (χ4n) is 10.2. The minimum atomic E-state index is -1.84. The van der Waals surface area contributed by atoms with E-state index in [0.29, 0.717) is 6.42 Å². The molecular weight excluding hydrogens is 929 g/mol. The number of fused-ring (bicyclic) bond motifs is 2. The van der Waals surface area contributed by atoms with Crippen LogP contribution in [0.15, 0.2) is 0 Å². The lowest BCUT2D eigenvalue weighted by molar-refractivity contribution is -0.361. The molecule has 0 aromatic heterocycles. The van der Waals surface area contributed by atoms with Crippen LogP contribution in [0.2, 0.25) is 0 Å². The van der Waals surface area contributed by atoms with Crippen LogP contribution >= 0.6 is 0 Å². The topological polar surface area (TPSA) is 363 Å². The van der Waals surface area contributed by atoms with Crippen LogP contribution in [0.4, 0.5) is 0 Å². The molecule has 13 N–H and O–H groups in total. The molecule has 21 unspecified atom stereocenters. The van der Waals surface area contributed by atoms with Gasteiger partial charge in [-0.15, -0.1) is 0 Å². The van der Waals surface area contributed by atoms with Crippen LogP contribution in [0, 0.1) is 5.92 Å². The smallest absolute Gasteiger partial charge is 0.220 e. The zero-order valence-electron chi connectivity index (χ0n) is 40.7. The lowest BCUT2D eigenvalue weighted by Crippen LogP contribution is -2.71. The first-order chi connectivity index (χ1) is 33.4. The van der Waals surface area contributed by atoms with E-state index in [4.69, 9.17) is 33.2 Å². The highest BCUT2D eigenvalue weighted by atomic mass is 16.8. The summed E-state index contributed by atoms with van der Waals surface area (Å²) in [6.07, 6.45) is -14.2. The summed E-state index contributed by atoms with van der Waals surface area (Å²) in [5.41, 5.74) is 0. The van der Waals surface area contributed by atoms with E-state index >= 15 is 0 Å². The molecule has 0 spiro atoms. The van der Waals surface area contributed by atoms with Crippen LogP contribution in [-0.2, 0) is 52.3 Å². The van der Waals surface area contributed by atoms with Crippen molar-refractivity contribution in [1.82, 2.24) is 21.3 Å². The first-order valence-corrected chi connectivity index (χ1v) is 25.0. The Kier molecular flexibility index (Phi) is 23.3. The molecule has 0 saturated carbocycles. The number of unbranched alkanes of at least 4 members (excludes halogenated alkanes) is 5. The Morgan fingerprint density at radius 1 is 0.614 bits per heavy atom. The number of ether oxygens (including phenoxy) is 7. The SMILES string of the molecule is CCCCCCCCC1CCCCCCC(=O)NC2C(OC(CO)C(O)C2O)OC2C(C1)OC(OC1C(CO)OC(OC3C(CO)OC(O)C(NC(C)=O)C3O)C(NC(C)=O)C1O)C(NC(C)=O)C2O. The van der Waals surface area contributed by atoms with E-state index < -0.39 is 166 Å². The fourth-order valence-corrected chi connectivity index (χ4v) is 10.2. The molecule has 21 atom stereocenters. The van der Waals surface area contributed by atoms with Crippen LogP contribution < -0.4 is 21.3 Å². The number of carbonyl (C=O) groups excluding carboxylic acids is 4. The number of hydrogen-bond acceptors (Lipinski definition) is 20. The maximum Gasteiger partial charge on any atom is 0.220 e. The maximum atomic E-state index is 13.2. The summed E-state index contributed by atoms with van der Waals surface area (Å²) in [4.78, 5) is 50.8. The van der Waals surface area contributed by atoms with Gasteiger partial charge in [0.15, 0.2) is 25.2 Å². The summed E-state index contributed by atoms with van der Waals surface area (Å²) in [6.45, 7) is 3.18. The molecule has 5 saturated heterocycles. The van der Waals surface area contributed by atoms with E-state index in [0.717, 1.165) is 84.5 Å². The normalized spacial score (nSPS) is 41.1. The Morgan fingerprint density at radius 3 is 1.77 bits per heavy atom. The Bertz CT molecular complexity index is 1640. The molecule has 5 fully saturated rings. The average molecular weight is 1010 g/mol. The van der Waals surface area contributed by atoms with Gasteiger partial charge in [0, 0.05) is 27.2 Å². The van der Waals surface area contributed by atoms with Gasteiger partial charge in [-0.25, -0.2) is 0 Å². The van der Waals surface area contributed by atoms with Gasteiger partial charge in [0.05, 0.1) is 25.9 Å². The van der Waals surface area contributed by atoms with Crippen molar-refractivity contribution >= 4 is 23.6 Å². The monoisotopic (exact) mass is 1010 g/mol. The third kappa shape index (κ3) is 15.4. The Hall–Kier alpha value is -2.76. The molecule has 70 heavy (non-hydrogen) atoms. The van der Waals surface area contributed by atoms with Crippen molar-refractivity contribution in [2.24, 2.45) is 5.92 Å². The van der Waals surface area contributed by atoms with Gasteiger partial charge in [-0.05, 0) is 18.8 Å². The summed E-state index contributed by atoms with van der Waals surface area (Å²) in [6, 6.07) is -5.89. The molecule has 0 radical (unpaired) electrons. The highest BCUT2D eigenvalue weighted by Crippen LogP contribution is 2.37. The highest BCUT2D eigenvalue weighted by Gasteiger charge is 2.56. The van der Waals surface area contributed by atoms with Gasteiger partial charge in [0.25, 0.3) is 0 Å². The van der Waals surface area contributed by atoms with Gasteiger partial charge in [-0.2, -0.15) is 0 Å². The van der Waals surface area contributed by atoms with Crippen LogP contribution in [0.3, 0.4) is 0 Å². The Labute approximate surface area is 408 Å². The zero-order valence-corrected chi connectivity index (χ0v) is 40.7. The first kappa shape index (κ1) is 58.1. The lowest BCUT2D eigenvalue weighted by Gasteiger charge is -2.51. The predicted molar refractivity (Wildman–Crippen MR) is 241 cm³/mol. The molecule has 0 aromatic carbocycles. The maximum absolute atomic E-state index is 13.2. The highest BCUT2D eigenvalue weighted by molar-refractivity contribution is 5.76. The average Bonchev–Trinajstić information content (AvgIpc) is 3.31. The van der Waals surface area contributed by atoms with E-state index in [2.05, 4.69) is 28.2 Å². The molecule has 0 aromatic rings. The van der Waals surface area contributed by atoms with Crippen molar-refractivity contribution in [2.45, 2.75) is 240 Å². The lowest BCUT2D eigenvalue weighted by atomic mass is 9.85. The van der Waals surface area contributed by atoms with E-state index in [9.17, 15) is 65.1 Å². The fraction of sp³-hybridized carbons (Fsp3) is 0.913. The Morgan fingerprint density at radius 2 is 1.16 bits per heavy atom. The number of aliphatic hydroxyl groups excluding tert-OH is 9. The number of hydrogen-bond donors (Lipinski definition) is 13. The summed E-state index contributed by atoms with van der Waals surface area (Å²) < 4.78 is 43.3. The third-order valence-electron chi connectivity index (χ3n) is 13.9. The third-order valence-corrected chi connectivity index (χ3v) is 13.9. The number of nitrogens with one attached hydrogen (secondary N) is 4. The molecule has 5 aliphatic rings. The minimum Gasteiger partial charge on any atom is -0.394 e. The van der Waals surface area contributed by atoms with Gasteiger partial charge >= 0.3 is 0 Å². The molecule has 24 nitrogen and oxygen atoms in total. The van der Waals surface area contributed by atoms with Crippen molar-refractivity contribution in [3.63, 3.8) is 0 Å². The second kappa shape index (κ2) is 28.1. The van der Waals surface area contributed by atoms with Crippen LogP contribution in [0.5, 0.6) is 0 Å². The molecule has 24 heteroatoms. The van der Waals surface area contributed by atoms with E-state index in [1.54, 1.807) is 0 Å². The van der Waals surface area contributed by atoms with Gasteiger partial charge in [0.2, 0.25) is 23.6 Å². The summed E-state index contributed by atoms with van der Waals surface area (Å²) in [7, 11) is 0. The minimum absolute atomic E-state index is 0.0120. The molecule has 5 aliphatic heterocycles. The second-order valence-corrected chi connectivity index (χ2v) is 19.4. The van der Waals surface area contributed by atoms with Crippen molar-refractivity contribution in [3.05, 3.63) is 0 Å². The van der Waals surface area contributed by atoms with Crippen molar-refractivity contribution in [1.29, 1.82) is 0 Å². The van der Waals surface area contributed by atoms with E-state index in [1.807, 2.05) is 0 Å². The van der Waals surface area contributed by atoms with Gasteiger partial charge in [0.1, 0.15) is 91.3 Å². The zero-order chi connectivity index (χ0) is 51.2. The van der Waals surface area contributed by atoms with Crippen LogP contribution in [0.25, 0.3) is 0 Å². The molecule has 404 valence electrons. The molecular formula is C46H80N4O20. The van der Waals surface area contributed by atoms with Gasteiger partial charge < -0.3 is 100 Å². The van der Waals surface area contributed by atoms with E-state index in [-0.39, 0.29) is 18.8 Å². The second-order valence-electron chi connectivity index (χ2n) is 19.4. The molecule has 4 amide bonds. The van der Waals surface area contributed by atoms with Crippen LogP contribution in [-0.4, -0.2) is 212 Å². The standard InChI is InChI=1S/C46H80N4O20/c1-5-6-7-8-9-12-15-25-16-13-10-11-14-17-30(57)50-32-36(59)35(58)27(19-51)66-44(32)68-40-26(18-25)65-45(33(38(40)61)48-23(3)55)70-42-29(21-53)67-46(34(39(42)62)49-24(4)56)69-41-28(20-52)64-43(63)31(37(41)60)47-22(2)54/h25-29,31-46,51-53,58-63H,5-21H2,1-4H3,(H,47,54)(H,48,55)(H,49,56)(H,50,57). The predicted octanol–water partition coefficient (Wildman–Crippen LogP) is -3.07.